The molecule has 0 saturated carbocycles. The molecule has 0 bridgehead atoms. The van der Waals surface area contributed by atoms with E-state index in [-0.39, 0.29) is 17.7 Å². The molecule has 1 aromatic rings. The number of primary amides is 1. The van der Waals surface area contributed by atoms with Gasteiger partial charge < -0.3 is 20.9 Å². The smallest absolute Gasteiger partial charge is 0.332 e. The summed E-state index contributed by atoms with van der Waals surface area (Å²) in [5.41, 5.74) is 5.68. The standard InChI is InChI=1S/C13H14N2O5/c14-11(16)7-3-1-2-4-8(7)15-12(17)9-5-6-10(20-9)13(18)19/h1-4,9-10H,5-6H2,(H2,14,16)(H,15,17)(H,18,19)/t9-,10+/m0/s1. The van der Waals surface area contributed by atoms with Crippen molar-refractivity contribution in [2.75, 3.05) is 5.32 Å². The summed E-state index contributed by atoms with van der Waals surface area (Å²) in [6.45, 7) is 0. The first-order chi connectivity index (χ1) is 9.49. The molecule has 7 heteroatoms. The van der Waals surface area contributed by atoms with E-state index in [1.165, 1.54) is 6.07 Å². The van der Waals surface area contributed by atoms with E-state index in [1.807, 2.05) is 0 Å². The van der Waals surface area contributed by atoms with Crippen molar-refractivity contribution in [1.29, 1.82) is 0 Å². The zero-order valence-electron chi connectivity index (χ0n) is 10.5. The van der Waals surface area contributed by atoms with Crippen LogP contribution in [0.5, 0.6) is 0 Å². The van der Waals surface area contributed by atoms with Crippen LogP contribution in [0.4, 0.5) is 5.69 Å². The summed E-state index contributed by atoms with van der Waals surface area (Å²) < 4.78 is 5.13. The van der Waals surface area contributed by atoms with Crippen LogP contribution in [0.3, 0.4) is 0 Å². The molecule has 1 fully saturated rings. The number of nitrogens with one attached hydrogen (secondary N) is 1. The molecule has 1 heterocycles. The highest BCUT2D eigenvalue weighted by Crippen LogP contribution is 2.22. The van der Waals surface area contributed by atoms with Gasteiger partial charge in [-0.2, -0.15) is 0 Å². The zero-order valence-corrected chi connectivity index (χ0v) is 10.5. The molecule has 4 N–H and O–H groups in total. The minimum Gasteiger partial charge on any atom is -0.479 e. The summed E-state index contributed by atoms with van der Waals surface area (Å²) >= 11 is 0. The van der Waals surface area contributed by atoms with Gasteiger partial charge in [0, 0.05) is 0 Å². The first-order valence-corrected chi connectivity index (χ1v) is 6.07. The molecule has 7 nitrogen and oxygen atoms in total. The van der Waals surface area contributed by atoms with Crippen LogP contribution in [-0.4, -0.2) is 35.1 Å². The minimum absolute atomic E-state index is 0.189. The molecule has 0 unspecified atom stereocenters. The molecule has 2 atom stereocenters. The van der Waals surface area contributed by atoms with Crippen LogP contribution in [-0.2, 0) is 14.3 Å². The van der Waals surface area contributed by atoms with Gasteiger partial charge >= 0.3 is 5.97 Å². The van der Waals surface area contributed by atoms with E-state index in [0.717, 1.165) is 0 Å². The zero-order chi connectivity index (χ0) is 14.7. The quantitative estimate of drug-likeness (QED) is 0.734. The van der Waals surface area contributed by atoms with Gasteiger partial charge in [-0.3, -0.25) is 9.59 Å². The van der Waals surface area contributed by atoms with Crippen LogP contribution < -0.4 is 11.1 Å². The third-order valence-corrected chi connectivity index (χ3v) is 3.04. The maximum Gasteiger partial charge on any atom is 0.332 e. The summed E-state index contributed by atoms with van der Waals surface area (Å²) in [5, 5.41) is 11.3. The maximum atomic E-state index is 12.0. The van der Waals surface area contributed by atoms with Crippen molar-refractivity contribution in [2.45, 2.75) is 25.0 Å². The monoisotopic (exact) mass is 278 g/mol. The van der Waals surface area contributed by atoms with Crippen LogP contribution in [0.25, 0.3) is 0 Å². The lowest BCUT2D eigenvalue weighted by atomic mass is 10.1. The summed E-state index contributed by atoms with van der Waals surface area (Å²) in [7, 11) is 0. The minimum atomic E-state index is -1.09. The number of carboxylic acids is 1. The van der Waals surface area contributed by atoms with Gasteiger partial charge in [0.1, 0.15) is 6.10 Å². The van der Waals surface area contributed by atoms with Gasteiger partial charge in [0.2, 0.25) is 0 Å². The fraction of sp³-hybridized carbons (Fsp3) is 0.308. The summed E-state index contributed by atoms with van der Waals surface area (Å²) in [5.74, 6) is -2.23. The largest absolute Gasteiger partial charge is 0.479 e. The Hall–Kier alpha value is -2.41. The Bertz CT molecular complexity index is 557. The number of benzene rings is 1. The second-order valence-electron chi connectivity index (χ2n) is 4.43. The van der Waals surface area contributed by atoms with Gasteiger partial charge in [-0.25, -0.2) is 4.79 Å². The lowest BCUT2D eigenvalue weighted by Gasteiger charge is -2.13. The lowest BCUT2D eigenvalue weighted by molar-refractivity contribution is -0.150. The van der Waals surface area contributed by atoms with Crippen LogP contribution in [0.2, 0.25) is 0 Å². The number of anilines is 1. The van der Waals surface area contributed by atoms with Gasteiger partial charge in [0.15, 0.2) is 6.10 Å². The van der Waals surface area contributed by atoms with Gasteiger partial charge in [0.05, 0.1) is 11.3 Å². The molecule has 0 aliphatic carbocycles. The Kier molecular flexibility index (Phi) is 3.99. The predicted octanol–water partition coefficient (Wildman–Crippen LogP) is 0.356. The molecule has 0 aromatic heterocycles. The van der Waals surface area contributed by atoms with E-state index in [9.17, 15) is 14.4 Å². The Morgan fingerprint density at radius 1 is 1.20 bits per heavy atom. The SMILES string of the molecule is NC(=O)c1ccccc1NC(=O)[C@@H]1CC[C@H](C(=O)O)O1. The van der Waals surface area contributed by atoms with E-state index >= 15 is 0 Å². The number of carbonyl (C=O) groups is 3. The topological polar surface area (TPSA) is 119 Å². The number of carboxylic acid groups (broad SMARTS) is 1. The second kappa shape index (κ2) is 5.70. The Labute approximate surface area is 114 Å². The molecule has 1 aromatic carbocycles. The van der Waals surface area contributed by atoms with Crippen molar-refractivity contribution in [3.05, 3.63) is 29.8 Å². The van der Waals surface area contributed by atoms with Crippen molar-refractivity contribution in [3.8, 4) is 0 Å². The van der Waals surface area contributed by atoms with Crippen molar-refractivity contribution in [1.82, 2.24) is 0 Å². The van der Waals surface area contributed by atoms with Crippen molar-refractivity contribution in [2.24, 2.45) is 5.73 Å². The predicted molar refractivity (Wildman–Crippen MR) is 69.1 cm³/mol. The van der Waals surface area contributed by atoms with Crippen LogP contribution in [0.1, 0.15) is 23.2 Å². The van der Waals surface area contributed by atoms with Crippen LogP contribution in [0.15, 0.2) is 24.3 Å². The second-order valence-corrected chi connectivity index (χ2v) is 4.43. The number of carbonyl (C=O) groups excluding carboxylic acids is 2. The molecule has 106 valence electrons. The average molecular weight is 278 g/mol. The maximum absolute atomic E-state index is 12.0. The number of para-hydroxylation sites is 1. The average Bonchev–Trinajstić information content (AvgIpc) is 2.89. The molecule has 1 aliphatic heterocycles. The van der Waals surface area contributed by atoms with E-state index in [0.29, 0.717) is 6.42 Å². The van der Waals surface area contributed by atoms with Gasteiger partial charge in [-0.1, -0.05) is 12.1 Å². The van der Waals surface area contributed by atoms with E-state index in [1.54, 1.807) is 18.2 Å². The van der Waals surface area contributed by atoms with Crippen molar-refractivity contribution < 1.29 is 24.2 Å². The number of rotatable bonds is 4. The number of nitrogens with two attached hydrogens (primary N) is 1. The van der Waals surface area contributed by atoms with E-state index < -0.39 is 30.0 Å². The van der Waals surface area contributed by atoms with Crippen LogP contribution >= 0.6 is 0 Å². The normalized spacial score (nSPS) is 21.4. The van der Waals surface area contributed by atoms with Gasteiger partial charge in [0.25, 0.3) is 11.8 Å². The van der Waals surface area contributed by atoms with Gasteiger partial charge in [-0.15, -0.1) is 0 Å². The number of amides is 2. The summed E-state index contributed by atoms with van der Waals surface area (Å²) in [4.78, 5) is 34.0. The first-order valence-electron chi connectivity index (χ1n) is 6.07. The van der Waals surface area contributed by atoms with Crippen molar-refractivity contribution in [3.63, 3.8) is 0 Å². The van der Waals surface area contributed by atoms with E-state index in [2.05, 4.69) is 5.32 Å². The number of aliphatic carboxylic acids is 1. The summed E-state index contributed by atoms with van der Waals surface area (Å²) in [6.07, 6.45) is -1.19. The highest BCUT2D eigenvalue weighted by Gasteiger charge is 2.34. The van der Waals surface area contributed by atoms with Crippen LogP contribution in [0, 0.1) is 0 Å². The molecular weight excluding hydrogens is 264 g/mol. The van der Waals surface area contributed by atoms with E-state index in [4.69, 9.17) is 15.6 Å². The Balaban J connectivity index is 2.06. The first kappa shape index (κ1) is 14.0. The molecule has 0 spiro atoms. The highest BCUT2D eigenvalue weighted by molar-refractivity contribution is 6.04. The molecule has 20 heavy (non-hydrogen) atoms. The molecule has 2 amide bonds. The fourth-order valence-corrected chi connectivity index (χ4v) is 2.03. The lowest BCUT2D eigenvalue weighted by Crippen LogP contribution is -2.30. The van der Waals surface area contributed by atoms with Gasteiger partial charge in [-0.05, 0) is 25.0 Å². The third-order valence-electron chi connectivity index (χ3n) is 3.04. The number of hydrogen-bond acceptors (Lipinski definition) is 4. The molecule has 1 aliphatic rings. The molecule has 0 radical (unpaired) electrons. The Morgan fingerprint density at radius 3 is 2.45 bits per heavy atom. The third kappa shape index (κ3) is 2.94. The van der Waals surface area contributed by atoms with Crippen molar-refractivity contribution >= 4 is 23.5 Å². The number of hydrogen-bond donors (Lipinski definition) is 3. The highest BCUT2D eigenvalue weighted by atomic mass is 16.5. The summed E-state index contributed by atoms with van der Waals surface area (Å²) in [6, 6.07) is 6.31. The Morgan fingerprint density at radius 2 is 1.85 bits per heavy atom. The molecule has 2 rings (SSSR count). The molecule has 1 saturated heterocycles. The molecular formula is C13H14N2O5. The number of ether oxygens (including phenoxy) is 1. The fourth-order valence-electron chi connectivity index (χ4n) is 2.03.